The van der Waals surface area contributed by atoms with Gasteiger partial charge in [-0.1, -0.05) is 6.92 Å². The summed E-state index contributed by atoms with van der Waals surface area (Å²) in [4.78, 5) is 28.8. The third-order valence-electron chi connectivity index (χ3n) is 3.15. The Bertz CT molecular complexity index is 526. The zero-order valence-corrected chi connectivity index (χ0v) is 11.1. The quantitative estimate of drug-likeness (QED) is 0.597. The molecule has 7 nitrogen and oxygen atoms in total. The summed E-state index contributed by atoms with van der Waals surface area (Å²) >= 11 is 0. The van der Waals surface area contributed by atoms with Crippen LogP contribution < -0.4 is 10.4 Å². The molecule has 2 rings (SSSR count). The van der Waals surface area contributed by atoms with Gasteiger partial charge in [0.1, 0.15) is 6.10 Å². The lowest BCUT2D eigenvalue weighted by atomic mass is 9.98. The van der Waals surface area contributed by atoms with E-state index in [-0.39, 0.29) is 6.10 Å². The van der Waals surface area contributed by atoms with Gasteiger partial charge < -0.3 is 4.74 Å². The number of hydrogen-bond donors (Lipinski definition) is 0. The van der Waals surface area contributed by atoms with Crippen molar-refractivity contribution in [3.05, 3.63) is 21.6 Å². The van der Waals surface area contributed by atoms with Gasteiger partial charge in [-0.25, -0.2) is 4.79 Å². The highest BCUT2D eigenvalue weighted by Crippen LogP contribution is 2.14. The van der Waals surface area contributed by atoms with Gasteiger partial charge in [0.25, 0.3) is 0 Å². The van der Waals surface area contributed by atoms with Crippen molar-refractivity contribution in [1.82, 2.24) is 15.2 Å². The summed E-state index contributed by atoms with van der Waals surface area (Å²) in [7, 11) is 0. The van der Waals surface area contributed by atoms with Crippen LogP contribution >= 0.6 is 0 Å². The van der Waals surface area contributed by atoms with Crippen molar-refractivity contribution < 1.29 is 14.4 Å². The molecule has 1 unspecified atom stereocenters. The molecule has 1 atom stereocenters. The Hall–Kier alpha value is -1.92. The van der Waals surface area contributed by atoms with E-state index < -0.39 is 11.7 Å². The molecule has 0 radical (unpaired) electrons. The summed E-state index contributed by atoms with van der Waals surface area (Å²) in [6, 6.07) is 0. The highest BCUT2D eigenvalue weighted by atomic mass is 16.8. The fourth-order valence-corrected chi connectivity index (χ4v) is 1.88. The molecule has 0 aromatic carbocycles. The van der Waals surface area contributed by atoms with Crippen LogP contribution in [0.15, 0.2) is 4.79 Å². The van der Waals surface area contributed by atoms with Gasteiger partial charge >= 0.3 is 11.7 Å². The van der Waals surface area contributed by atoms with E-state index in [0.717, 1.165) is 19.3 Å². The topological polar surface area (TPSA) is 83.3 Å². The average Bonchev–Trinajstić information content (AvgIpc) is 2.42. The predicted octanol–water partition coefficient (Wildman–Crippen LogP) is 0.881. The highest BCUT2D eigenvalue weighted by molar-refractivity contribution is 5.60. The molecule has 0 saturated carbocycles. The third-order valence-corrected chi connectivity index (χ3v) is 3.15. The van der Waals surface area contributed by atoms with Crippen molar-refractivity contribution in [2.75, 3.05) is 0 Å². The van der Waals surface area contributed by atoms with Crippen LogP contribution in [0.1, 0.15) is 44.4 Å². The van der Waals surface area contributed by atoms with Gasteiger partial charge in [0.05, 0.1) is 5.69 Å². The van der Waals surface area contributed by atoms with E-state index >= 15 is 0 Å². The van der Waals surface area contributed by atoms with E-state index in [1.807, 2.05) is 6.92 Å². The molecule has 0 saturated heterocycles. The molecule has 1 aliphatic rings. The second-order valence-corrected chi connectivity index (χ2v) is 4.58. The maximum Gasteiger partial charge on any atom is 0.535 e. The molecule has 0 aliphatic heterocycles. The van der Waals surface area contributed by atoms with Gasteiger partial charge in [0.2, 0.25) is 0 Å². The molecule has 0 N–H and O–H groups in total. The van der Waals surface area contributed by atoms with Gasteiger partial charge in [-0.15, -0.1) is 5.10 Å². The highest BCUT2D eigenvalue weighted by Gasteiger charge is 2.19. The molecule has 1 aromatic rings. The van der Waals surface area contributed by atoms with Gasteiger partial charge in [-0.05, 0) is 49.1 Å². The lowest BCUT2D eigenvalue weighted by molar-refractivity contribution is 0.00752. The molecular weight excluding hydrogens is 250 g/mol. The Kier molecular flexibility index (Phi) is 4.13. The molecule has 1 aliphatic carbocycles. The van der Waals surface area contributed by atoms with Gasteiger partial charge in [-0.3, -0.25) is 9.63 Å². The molecular formula is C12H17N3O4. The first-order chi connectivity index (χ1) is 9.11. The number of carbonyl (C=O) groups excluding carboxylic acids is 1. The maximum absolute atomic E-state index is 12.0. The van der Waals surface area contributed by atoms with E-state index in [9.17, 15) is 9.59 Å². The number of aromatic nitrogens is 3. The lowest BCUT2D eigenvalue weighted by Crippen LogP contribution is -2.38. The lowest BCUT2D eigenvalue weighted by Gasteiger charge is -2.14. The first-order valence-electron chi connectivity index (χ1n) is 6.48. The van der Waals surface area contributed by atoms with Crippen LogP contribution in [0, 0.1) is 0 Å². The van der Waals surface area contributed by atoms with Gasteiger partial charge in [0.15, 0.2) is 0 Å². The van der Waals surface area contributed by atoms with E-state index in [1.165, 1.54) is 0 Å². The normalized spacial score (nSPS) is 15.5. The number of fused-ring (bicyclic) bond motifs is 1. The largest absolute Gasteiger partial charge is 0.535 e. The summed E-state index contributed by atoms with van der Waals surface area (Å²) in [5.74, 6) is 0. The minimum absolute atomic E-state index is 0.270. The SMILES string of the molecule is CCC(C)OC(=O)On1nnc2c(c1=O)CCCC2. The average molecular weight is 267 g/mol. The zero-order valence-electron chi connectivity index (χ0n) is 11.1. The zero-order chi connectivity index (χ0) is 13.8. The van der Waals surface area contributed by atoms with Crippen molar-refractivity contribution >= 4 is 6.16 Å². The van der Waals surface area contributed by atoms with Crippen LogP contribution in [0.5, 0.6) is 0 Å². The fourth-order valence-electron chi connectivity index (χ4n) is 1.88. The third kappa shape index (κ3) is 3.10. The Morgan fingerprint density at radius 3 is 2.89 bits per heavy atom. The molecule has 0 fully saturated rings. The molecule has 104 valence electrons. The molecule has 1 heterocycles. The molecule has 7 heteroatoms. The van der Waals surface area contributed by atoms with E-state index in [2.05, 4.69) is 10.3 Å². The molecule has 0 bridgehead atoms. The van der Waals surface area contributed by atoms with Crippen LogP contribution in [0.2, 0.25) is 0 Å². The smallest absolute Gasteiger partial charge is 0.430 e. The summed E-state index contributed by atoms with van der Waals surface area (Å²) in [6.45, 7) is 3.62. The van der Waals surface area contributed by atoms with E-state index in [1.54, 1.807) is 6.92 Å². The van der Waals surface area contributed by atoms with Crippen molar-refractivity contribution in [1.29, 1.82) is 0 Å². The second kappa shape index (κ2) is 5.81. The number of nitrogens with zero attached hydrogens (tertiary/aromatic N) is 3. The molecule has 0 spiro atoms. The fraction of sp³-hybridized carbons (Fsp3) is 0.667. The van der Waals surface area contributed by atoms with Crippen molar-refractivity contribution in [3.63, 3.8) is 0 Å². The van der Waals surface area contributed by atoms with Crippen LogP contribution in [0.3, 0.4) is 0 Å². The number of aryl methyl sites for hydroxylation is 1. The van der Waals surface area contributed by atoms with Gasteiger partial charge in [0, 0.05) is 5.56 Å². The Morgan fingerprint density at radius 2 is 2.16 bits per heavy atom. The number of ether oxygens (including phenoxy) is 1. The number of carbonyl (C=O) groups is 1. The summed E-state index contributed by atoms with van der Waals surface area (Å²) in [6.07, 6.45) is 2.78. The van der Waals surface area contributed by atoms with E-state index in [0.29, 0.717) is 28.9 Å². The predicted molar refractivity (Wildman–Crippen MR) is 65.7 cm³/mol. The molecule has 19 heavy (non-hydrogen) atoms. The van der Waals surface area contributed by atoms with Crippen molar-refractivity contribution in [2.45, 2.75) is 52.1 Å². The number of rotatable bonds is 3. The van der Waals surface area contributed by atoms with Crippen LogP contribution in [-0.4, -0.2) is 27.4 Å². The minimum atomic E-state index is -0.943. The Morgan fingerprint density at radius 1 is 1.42 bits per heavy atom. The Labute approximate surface area is 110 Å². The first kappa shape index (κ1) is 13.5. The van der Waals surface area contributed by atoms with Gasteiger partial charge in [-0.2, -0.15) is 0 Å². The Balaban J connectivity index is 2.13. The van der Waals surface area contributed by atoms with Crippen molar-refractivity contribution in [2.24, 2.45) is 0 Å². The van der Waals surface area contributed by atoms with Crippen LogP contribution in [0.4, 0.5) is 4.79 Å². The summed E-state index contributed by atoms with van der Waals surface area (Å²) in [5.41, 5.74) is 0.856. The summed E-state index contributed by atoms with van der Waals surface area (Å²) in [5, 5.41) is 7.51. The minimum Gasteiger partial charge on any atom is -0.430 e. The molecule has 0 amide bonds. The van der Waals surface area contributed by atoms with Crippen LogP contribution in [0.25, 0.3) is 0 Å². The van der Waals surface area contributed by atoms with E-state index in [4.69, 9.17) is 9.57 Å². The standard InChI is InChI=1S/C12H17N3O4/c1-3-8(2)18-12(17)19-15-11(16)9-6-4-5-7-10(9)13-14-15/h8H,3-7H2,1-2H3. The summed E-state index contributed by atoms with van der Waals surface area (Å²) < 4.78 is 4.91. The monoisotopic (exact) mass is 267 g/mol. The molecule has 1 aromatic heterocycles. The van der Waals surface area contributed by atoms with Crippen LogP contribution in [-0.2, 0) is 17.6 Å². The number of hydrogen-bond acceptors (Lipinski definition) is 6. The maximum atomic E-state index is 12.0. The first-order valence-corrected chi connectivity index (χ1v) is 6.48. The second-order valence-electron chi connectivity index (χ2n) is 4.58. The van der Waals surface area contributed by atoms with Crippen molar-refractivity contribution in [3.8, 4) is 0 Å².